The highest BCUT2D eigenvalue weighted by Gasteiger charge is 2.20. The van der Waals surface area contributed by atoms with Crippen LogP contribution < -0.4 is 9.80 Å². The average molecular weight is 327 g/mol. The zero-order valence-corrected chi connectivity index (χ0v) is 12.9. The summed E-state index contributed by atoms with van der Waals surface area (Å²) in [4.78, 5) is 16.4. The van der Waals surface area contributed by atoms with Gasteiger partial charge in [0.05, 0.1) is 5.52 Å². The summed E-state index contributed by atoms with van der Waals surface area (Å²) in [5, 5.41) is 0.835. The molecular formula is C17H15F2N5. The van der Waals surface area contributed by atoms with Gasteiger partial charge in [0.1, 0.15) is 18.0 Å². The first-order chi connectivity index (χ1) is 11.7. The Balaban J connectivity index is 1.56. The van der Waals surface area contributed by atoms with Gasteiger partial charge < -0.3 is 9.80 Å². The molecule has 0 bridgehead atoms. The van der Waals surface area contributed by atoms with E-state index >= 15 is 0 Å². The first-order valence-electron chi connectivity index (χ1n) is 7.72. The van der Waals surface area contributed by atoms with Crippen LogP contribution in [0.25, 0.3) is 10.9 Å². The van der Waals surface area contributed by atoms with Gasteiger partial charge in [-0.1, -0.05) is 0 Å². The third kappa shape index (κ3) is 2.73. The number of piperazine rings is 1. The first kappa shape index (κ1) is 14.7. The molecule has 0 spiro atoms. The van der Waals surface area contributed by atoms with Crippen LogP contribution in [-0.4, -0.2) is 41.1 Å². The van der Waals surface area contributed by atoms with E-state index in [1.165, 1.54) is 30.7 Å². The smallest absolute Gasteiger partial charge is 0.214 e. The standard InChI is InChI=1S/C17H15F2N5/c18-12-1-2-14-15(9-12)21-11-22-17(14)24-7-5-23(6-8-24)13-3-4-20-16(19)10-13/h1-4,9-11H,5-8H2. The lowest BCUT2D eigenvalue weighted by Gasteiger charge is -2.37. The zero-order valence-electron chi connectivity index (χ0n) is 12.9. The molecule has 0 unspecified atom stereocenters. The normalized spacial score (nSPS) is 15.1. The van der Waals surface area contributed by atoms with Crippen molar-refractivity contribution in [3.05, 3.63) is 54.6 Å². The number of halogens is 2. The number of pyridine rings is 1. The second-order valence-electron chi connectivity index (χ2n) is 5.67. The van der Waals surface area contributed by atoms with E-state index in [-0.39, 0.29) is 5.82 Å². The van der Waals surface area contributed by atoms with Gasteiger partial charge in [0, 0.05) is 55.6 Å². The van der Waals surface area contributed by atoms with Gasteiger partial charge in [0.2, 0.25) is 5.95 Å². The Hall–Kier alpha value is -2.83. The maximum atomic E-state index is 13.4. The Morgan fingerprint density at radius 3 is 2.42 bits per heavy atom. The molecule has 0 radical (unpaired) electrons. The van der Waals surface area contributed by atoms with Gasteiger partial charge >= 0.3 is 0 Å². The van der Waals surface area contributed by atoms with Crippen LogP contribution in [0.3, 0.4) is 0 Å². The molecule has 0 N–H and O–H groups in total. The number of hydrogen-bond acceptors (Lipinski definition) is 5. The van der Waals surface area contributed by atoms with Crippen LogP contribution >= 0.6 is 0 Å². The molecule has 7 heteroatoms. The van der Waals surface area contributed by atoms with Crippen molar-refractivity contribution in [2.75, 3.05) is 36.0 Å². The lowest BCUT2D eigenvalue weighted by molar-refractivity contribution is 0.580. The summed E-state index contributed by atoms with van der Waals surface area (Å²) >= 11 is 0. The molecular weight excluding hydrogens is 312 g/mol. The Bertz CT molecular complexity index is 878. The average Bonchev–Trinajstić information content (AvgIpc) is 2.61. The van der Waals surface area contributed by atoms with Gasteiger partial charge in [-0.15, -0.1) is 0 Å². The zero-order chi connectivity index (χ0) is 16.5. The highest BCUT2D eigenvalue weighted by atomic mass is 19.1. The summed E-state index contributed by atoms with van der Waals surface area (Å²) in [5.41, 5.74) is 1.43. The maximum Gasteiger partial charge on any atom is 0.214 e. The van der Waals surface area contributed by atoms with E-state index in [2.05, 4.69) is 24.8 Å². The van der Waals surface area contributed by atoms with Crippen molar-refractivity contribution in [3.63, 3.8) is 0 Å². The Morgan fingerprint density at radius 2 is 1.62 bits per heavy atom. The van der Waals surface area contributed by atoms with Crippen molar-refractivity contribution < 1.29 is 8.78 Å². The molecule has 4 rings (SSSR count). The molecule has 1 fully saturated rings. The number of benzene rings is 1. The van der Waals surface area contributed by atoms with Crippen LogP contribution in [-0.2, 0) is 0 Å². The third-order valence-corrected chi connectivity index (χ3v) is 4.23. The number of nitrogens with zero attached hydrogens (tertiary/aromatic N) is 5. The second-order valence-corrected chi connectivity index (χ2v) is 5.67. The Labute approximate surface area is 137 Å². The summed E-state index contributed by atoms with van der Waals surface area (Å²) in [6.45, 7) is 2.98. The number of anilines is 2. The van der Waals surface area contributed by atoms with E-state index in [1.807, 2.05) is 6.07 Å². The fourth-order valence-corrected chi connectivity index (χ4v) is 3.03. The number of rotatable bonds is 2. The van der Waals surface area contributed by atoms with Crippen molar-refractivity contribution in [2.45, 2.75) is 0 Å². The summed E-state index contributed by atoms with van der Waals surface area (Å²) in [7, 11) is 0. The minimum atomic E-state index is -0.473. The minimum Gasteiger partial charge on any atom is -0.368 e. The van der Waals surface area contributed by atoms with E-state index in [0.29, 0.717) is 5.52 Å². The summed E-state index contributed by atoms with van der Waals surface area (Å²) in [6, 6.07) is 7.80. The number of hydrogen-bond donors (Lipinski definition) is 0. The predicted molar refractivity (Wildman–Crippen MR) is 88.1 cm³/mol. The van der Waals surface area contributed by atoms with Crippen molar-refractivity contribution >= 4 is 22.4 Å². The number of aromatic nitrogens is 3. The van der Waals surface area contributed by atoms with Gasteiger partial charge in [-0.3, -0.25) is 0 Å². The second kappa shape index (κ2) is 5.99. The van der Waals surface area contributed by atoms with E-state index in [1.54, 1.807) is 6.07 Å². The molecule has 122 valence electrons. The fourth-order valence-electron chi connectivity index (χ4n) is 3.03. The minimum absolute atomic E-state index is 0.309. The predicted octanol–water partition coefficient (Wildman–Crippen LogP) is 2.63. The molecule has 0 aliphatic carbocycles. The van der Waals surface area contributed by atoms with Crippen LogP contribution in [0.2, 0.25) is 0 Å². The molecule has 0 saturated carbocycles. The molecule has 1 aromatic carbocycles. The molecule has 3 aromatic rings. The van der Waals surface area contributed by atoms with E-state index in [9.17, 15) is 8.78 Å². The van der Waals surface area contributed by atoms with Crippen LogP contribution in [0, 0.1) is 11.8 Å². The SMILES string of the molecule is Fc1ccc2c(N3CCN(c4ccnc(F)c4)CC3)ncnc2c1. The van der Waals surface area contributed by atoms with Crippen molar-refractivity contribution in [1.29, 1.82) is 0 Å². The summed E-state index contributed by atoms with van der Waals surface area (Å²) in [5.74, 6) is 0.0241. The van der Waals surface area contributed by atoms with Crippen molar-refractivity contribution in [2.24, 2.45) is 0 Å². The lowest BCUT2D eigenvalue weighted by Crippen LogP contribution is -2.47. The van der Waals surface area contributed by atoms with Crippen molar-refractivity contribution in [3.8, 4) is 0 Å². The van der Waals surface area contributed by atoms with Gasteiger partial charge in [0.15, 0.2) is 0 Å². The van der Waals surface area contributed by atoms with E-state index in [4.69, 9.17) is 0 Å². The largest absolute Gasteiger partial charge is 0.368 e. The molecule has 0 amide bonds. The van der Waals surface area contributed by atoms with E-state index in [0.717, 1.165) is 43.1 Å². The Kier molecular flexibility index (Phi) is 3.68. The summed E-state index contributed by atoms with van der Waals surface area (Å²) < 4.78 is 26.6. The topological polar surface area (TPSA) is 45.2 Å². The quantitative estimate of drug-likeness (QED) is 0.677. The molecule has 0 atom stereocenters. The highest BCUT2D eigenvalue weighted by molar-refractivity contribution is 5.89. The third-order valence-electron chi connectivity index (χ3n) is 4.23. The van der Waals surface area contributed by atoms with Crippen LogP contribution in [0.15, 0.2) is 42.9 Å². The van der Waals surface area contributed by atoms with Crippen LogP contribution in [0.5, 0.6) is 0 Å². The molecule has 24 heavy (non-hydrogen) atoms. The van der Waals surface area contributed by atoms with Crippen LogP contribution in [0.1, 0.15) is 0 Å². The number of fused-ring (bicyclic) bond motifs is 1. The Morgan fingerprint density at radius 1 is 0.833 bits per heavy atom. The lowest BCUT2D eigenvalue weighted by atomic mass is 10.2. The maximum absolute atomic E-state index is 13.4. The monoisotopic (exact) mass is 327 g/mol. The molecule has 1 saturated heterocycles. The summed E-state index contributed by atoms with van der Waals surface area (Å²) in [6.07, 6.45) is 2.94. The highest BCUT2D eigenvalue weighted by Crippen LogP contribution is 2.25. The molecule has 1 aliphatic rings. The van der Waals surface area contributed by atoms with E-state index < -0.39 is 5.95 Å². The van der Waals surface area contributed by atoms with Gasteiger partial charge in [0.25, 0.3) is 0 Å². The molecule has 1 aliphatic heterocycles. The van der Waals surface area contributed by atoms with Gasteiger partial charge in [-0.2, -0.15) is 4.39 Å². The molecule has 5 nitrogen and oxygen atoms in total. The van der Waals surface area contributed by atoms with Gasteiger partial charge in [-0.25, -0.2) is 19.3 Å². The first-order valence-corrected chi connectivity index (χ1v) is 7.72. The fraction of sp³-hybridized carbons (Fsp3) is 0.235. The van der Waals surface area contributed by atoms with Gasteiger partial charge in [-0.05, 0) is 18.2 Å². The molecule has 2 aromatic heterocycles. The van der Waals surface area contributed by atoms with Crippen LogP contribution in [0.4, 0.5) is 20.3 Å². The van der Waals surface area contributed by atoms with Crippen molar-refractivity contribution in [1.82, 2.24) is 15.0 Å². The molecule has 3 heterocycles.